The number of thiophene rings is 1. The Hall–Kier alpha value is -4.67. The van der Waals surface area contributed by atoms with Crippen molar-refractivity contribution in [1.82, 2.24) is 24.5 Å². The van der Waals surface area contributed by atoms with E-state index in [1.807, 2.05) is 42.9 Å². The van der Waals surface area contributed by atoms with Crippen molar-refractivity contribution in [3.05, 3.63) is 84.7 Å². The van der Waals surface area contributed by atoms with Gasteiger partial charge in [0.2, 0.25) is 6.54 Å². The van der Waals surface area contributed by atoms with E-state index in [1.165, 1.54) is 11.3 Å². The molecule has 6 rings (SSSR count). The highest BCUT2D eigenvalue weighted by molar-refractivity contribution is 7.53. The summed E-state index contributed by atoms with van der Waals surface area (Å²) in [6, 6.07) is 13.0. The molecule has 272 valence electrons. The molecule has 5 heterocycles. The molecule has 1 aromatic carbocycles. The topological polar surface area (TPSA) is 161 Å². The zero-order valence-corrected chi connectivity index (χ0v) is 31.4. The molecule has 52 heavy (non-hydrogen) atoms. The monoisotopic (exact) mass is 745 g/mol. The van der Waals surface area contributed by atoms with Gasteiger partial charge in [-0.3, -0.25) is 32.8 Å². The molecule has 3 aromatic heterocycles. The lowest BCUT2D eigenvalue weighted by molar-refractivity contribution is 0.0999. The average molecular weight is 746 g/mol. The van der Waals surface area contributed by atoms with Gasteiger partial charge in [-0.05, 0) is 48.7 Å². The SMILES string of the molecule is [C-]#[N+]CCOP(=O)(COCC#N)OCn1nc(-c2cccc(N3Cc4cc(C(C)(C)C)sc4C3=O)c2C)cc(Nc2cc3n(n2)CCN(C)C3)c1=O. The van der Waals surface area contributed by atoms with Gasteiger partial charge in [0.25, 0.3) is 11.5 Å². The molecule has 1 N–H and O–H groups in total. The van der Waals surface area contributed by atoms with Gasteiger partial charge in [-0.1, -0.05) is 32.9 Å². The number of nitrogens with one attached hydrogen (secondary N) is 1. The van der Waals surface area contributed by atoms with Crippen molar-refractivity contribution in [2.45, 2.75) is 59.5 Å². The average Bonchev–Trinajstić information content (AvgIpc) is 3.79. The van der Waals surface area contributed by atoms with Crippen molar-refractivity contribution < 1.29 is 23.1 Å². The number of anilines is 3. The minimum Gasteiger partial charge on any atom is -0.354 e. The summed E-state index contributed by atoms with van der Waals surface area (Å²) in [6.45, 7) is 16.8. The highest BCUT2D eigenvalue weighted by Crippen LogP contribution is 2.48. The summed E-state index contributed by atoms with van der Waals surface area (Å²) in [5, 5.41) is 21.3. The third kappa shape index (κ3) is 7.88. The number of likely N-dealkylation sites (N-methyl/N-ethyl adjacent to an activating group) is 1. The number of nitrogens with zero attached hydrogens (tertiary/aromatic N) is 8. The van der Waals surface area contributed by atoms with Crippen LogP contribution in [0.25, 0.3) is 16.1 Å². The molecule has 15 nitrogen and oxygen atoms in total. The first-order valence-corrected chi connectivity index (χ1v) is 19.2. The first kappa shape index (κ1) is 37.1. The Morgan fingerprint density at radius 2 is 1.94 bits per heavy atom. The molecule has 0 spiro atoms. The summed E-state index contributed by atoms with van der Waals surface area (Å²) in [6.07, 6.45) is -0.555. The van der Waals surface area contributed by atoms with E-state index in [9.17, 15) is 14.2 Å². The van der Waals surface area contributed by atoms with Crippen molar-refractivity contribution in [3.63, 3.8) is 0 Å². The van der Waals surface area contributed by atoms with Crippen LogP contribution in [0.4, 0.5) is 17.2 Å². The number of rotatable bonds is 13. The third-order valence-corrected chi connectivity index (χ3v) is 11.9. The van der Waals surface area contributed by atoms with Crippen LogP contribution < -0.4 is 15.8 Å². The molecule has 0 fully saturated rings. The van der Waals surface area contributed by atoms with Crippen LogP contribution >= 0.6 is 18.9 Å². The predicted molar refractivity (Wildman–Crippen MR) is 197 cm³/mol. The molecule has 0 radical (unpaired) electrons. The maximum Gasteiger partial charge on any atom is 0.358 e. The van der Waals surface area contributed by atoms with Crippen LogP contribution in [0.3, 0.4) is 0 Å². The summed E-state index contributed by atoms with van der Waals surface area (Å²) in [5.74, 6) is 0.408. The number of fused-ring (bicyclic) bond motifs is 2. The molecular formula is C35H40N9O6PS. The highest BCUT2D eigenvalue weighted by atomic mass is 32.1. The normalized spacial score (nSPS) is 15.5. The molecule has 0 bridgehead atoms. The summed E-state index contributed by atoms with van der Waals surface area (Å²) in [4.78, 5) is 36.7. The number of benzene rings is 1. The lowest BCUT2D eigenvalue weighted by atomic mass is 9.94. The second-order valence-corrected chi connectivity index (χ2v) is 16.7. The van der Waals surface area contributed by atoms with Crippen LogP contribution in [-0.4, -0.2) is 70.1 Å². The quantitative estimate of drug-likeness (QED) is 0.101. The molecule has 0 saturated heterocycles. The molecular weight excluding hydrogens is 705 g/mol. The number of carbonyl (C=O) groups excluding carboxylic acids is 1. The second-order valence-electron chi connectivity index (χ2n) is 13.6. The minimum absolute atomic E-state index is 0.0618. The molecule has 1 atom stereocenters. The van der Waals surface area contributed by atoms with E-state index in [1.54, 1.807) is 17.0 Å². The van der Waals surface area contributed by atoms with Crippen LogP contribution in [0, 0.1) is 24.8 Å². The fourth-order valence-electron chi connectivity index (χ4n) is 5.98. The number of ether oxygens (including phenoxy) is 1. The molecule has 4 aromatic rings. The van der Waals surface area contributed by atoms with Gasteiger partial charge in [0.1, 0.15) is 25.2 Å². The van der Waals surface area contributed by atoms with E-state index < -0.39 is 26.2 Å². The molecule has 0 saturated carbocycles. The van der Waals surface area contributed by atoms with E-state index in [-0.39, 0.29) is 36.8 Å². The Morgan fingerprint density at radius 3 is 2.67 bits per heavy atom. The number of aromatic nitrogens is 4. The number of hydrogen-bond acceptors (Lipinski definition) is 12. The summed E-state index contributed by atoms with van der Waals surface area (Å²) >= 11 is 1.53. The molecule has 0 aliphatic carbocycles. The largest absolute Gasteiger partial charge is 0.358 e. The number of amides is 1. The van der Waals surface area contributed by atoms with E-state index in [0.29, 0.717) is 42.4 Å². The van der Waals surface area contributed by atoms with Gasteiger partial charge in [0, 0.05) is 35.3 Å². The standard InChI is InChI=1S/C35H40N9O6PS/c1-23-26(8-7-9-29(23)42-19-24-16-30(35(2,3)4)52-32(24)34(42)46)27-18-28(38-31-17-25-20-41(6)12-13-43(25)40-31)33(45)44(39-27)21-50-51(47,22-48-14-10-36)49-15-11-37-5/h7-9,16-18H,11-15,19-22H2,1-4,6H3,(H,38,40). The van der Waals surface area contributed by atoms with Gasteiger partial charge < -0.3 is 19.8 Å². The van der Waals surface area contributed by atoms with Crippen LogP contribution in [-0.2, 0) is 50.1 Å². The van der Waals surface area contributed by atoms with Crippen molar-refractivity contribution in [2.75, 3.05) is 49.9 Å². The Morgan fingerprint density at radius 1 is 1.13 bits per heavy atom. The van der Waals surface area contributed by atoms with Crippen LogP contribution in [0.5, 0.6) is 0 Å². The number of carbonyl (C=O) groups is 1. The Labute approximate surface area is 305 Å². The molecule has 17 heteroatoms. The lowest BCUT2D eigenvalue weighted by Crippen LogP contribution is -2.30. The predicted octanol–water partition coefficient (Wildman–Crippen LogP) is 5.72. The van der Waals surface area contributed by atoms with E-state index >= 15 is 0 Å². The van der Waals surface area contributed by atoms with Gasteiger partial charge in [-0.2, -0.15) is 15.5 Å². The fraction of sp³-hybridized carbons (Fsp3) is 0.429. The van der Waals surface area contributed by atoms with Crippen LogP contribution in [0.1, 0.15) is 52.1 Å². The van der Waals surface area contributed by atoms with Gasteiger partial charge in [-0.15, -0.1) is 11.3 Å². The second kappa shape index (κ2) is 15.1. The van der Waals surface area contributed by atoms with E-state index in [2.05, 4.69) is 52.1 Å². The van der Waals surface area contributed by atoms with Crippen LogP contribution in [0.15, 0.2) is 41.2 Å². The van der Waals surface area contributed by atoms with Crippen LogP contribution in [0.2, 0.25) is 0 Å². The van der Waals surface area contributed by atoms with Crippen molar-refractivity contribution in [1.29, 1.82) is 5.26 Å². The Balaban J connectivity index is 1.36. The van der Waals surface area contributed by atoms with Crippen molar-refractivity contribution >= 4 is 42.0 Å². The lowest BCUT2D eigenvalue weighted by Gasteiger charge is -2.22. The zero-order valence-electron chi connectivity index (χ0n) is 29.7. The smallest absolute Gasteiger partial charge is 0.354 e. The van der Waals surface area contributed by atoms with Crippen molar-refractivity contribution in [2.24, 2.45) is 0 Å². The van der Waals surface area contributed by atoms with Crippen molar-refractivity contribution in [3.8, 4) is 17.3 Å². The van der Waals surface area contributed by atoms with Gasteiger partial charge in [0.05, 0.1) is 35.4 Å². The van der Waals surface area contributed by atoms with Gasteiger partial charge >= 0.3 is 7.60 Å². The minimum atomic E-state index is -4.02. The summed E-state index contributed by atoms with van der Waals surface area (Å²) in [7, 11) is -1.99. The number of nitriles is 1. The van der Waals surface area contributed by atoms with E-state index in [4.69, 9.17) is 25.6 Å². The molecule has 1 unspecified atom stereocenters. The van der Waals surface area contributed by atoms with Gasteiger partial charge in [0.15, 0.2) is 12.5 Å². The first-order chi connectivity index (χ1) is 24.8. The number of hydrogen-bond donors (Lipinski definition) is 1. The zero-order chi connectivity index (χ0) is 37.2. The van der Waals surface area contributed by atoms with Gasteiger partial charge in [-0.25, -0.2) is 11.3 Å². The highest BCUT2D eigenvalue weighted by Gasteiger charge is 2.34. The Kier molecular flexibility index (Phi) is 10.8. The summed E-state index contributed by atoms with van der Waals surface area (Å²) < 4.78 is 32.7. The summed E-state index contributed by atoms with van der Waals surface area (Å²) in [5.41, 5.74) is 4.01. The maximum absolute atomic E-state index is 13.9. The van der Waals surface area contributed by atoms with E-state index in [0.717, 1.165) is 37.8 Å². The third-order valence-electron chi connectivity index (χ3n) is 8.70. The fourth-order valence-corrected chi connectivity index (χ4v) is 8.34. The molecule has 1 amide bonds. The molecule has 2 aliphatic rings. The first-order valence-electron chi connectivity index (χ1n) is 16.7. The Bertz CT molecular complexity index is 2170. The molecule has 2 aliphatic heterocycles. The maximum atomic E-state index is 13.9.